The zero-order chi connectivity index (χ0) is 56.2. The summed E-state index contributed by atoms with van der Waals surface area (Å²) >= 11 is 6.94. The molecular formula is C63H86N6O2S4. The molecule has 0 fully saturated rings. The molecule has 404 valence electrons. The first kappa shape index (κ1) is 70.6. The molecule has 12 aromatic rings. The third-order valence-corrected chi connectivity index (χ3v) is 12.0. The highest BCUT2D eigenvalue weighted by atomic mass is 32.1. The quantitative estimate of drug-likeness (QED) is 0.140. The first-order chi connectivity index (χ1) is 36.8. The number of nitrogens with zero attached hydrogens (tertiary/aromatic N) is 3. The molecule has 8 heterocycles. The minimum atomic E-state index is 1.22. The summed E-state index contributed by atoms with van der Waals surface area (Å²) in [7, 11) is 6.50. The second-order valence-corrected chi connectivity index (χ2v) is 17.3. The number of ether oxygens (including phenoxy) is 2. The number of aryl methyl sites for hydroxylation is 4. The van der Waals surface area contributed by atoms with Crippen LogP contribution in [0.3, 0.4) is 0 Å². The maximum Gasteiger partial charge on any atom is 0.0919 e. The Morgan fingerprint density at radius 3 is 1.05 bits per heavy atom. The smallest absolute Gasteiger partial charge is 0.0919 e. The zero-order valence-electron chi connectivity index (χ0n) is 47.5. The number of hydrogen-bond acceptors (Lipinski definition) is 9. The molecule has 0 amide bonds. The maximum absolute atomic E-state index is 4.25. The standard InChI is InChI=1S/2C9H9N.2C9H8S.C5H5N.C4H4S.C3H4N2.C3H3NS.2C2H6O.4C2H6/c4*1-7-6-10-9-5-3-2-4-8(7)9;1-2-4-6-5-3-1;1-2-4-5-3-1;2*1-2-5-3-4-1;2*1-3-2;4*1-2/h2*2-6,10H,1H3;2*2-6H,1H3;1-5H;1-4H;1-3H,(H,4,5);1-3H;2*1-2H3;4*1-2H3. The van der Waals surface area contributed by atoms with E-state index in [0.29, 0.717) is 0 Å². The number of para-hydroxylation sites is 2. The van der Waals surface area contributed by atoms with Crippen molar-refractivity contribution in [3.8, 4) is 0 Å². The van der Waals surface area contributed by atoms with Crippen LogP contribution in [0, 0.1) is 27.7 Å². The SMILES string of the molecule is CC.CC.CC.CC.COC.COC.Cc1c[nH]c2ccccc12.Cc1c[nH]c2ccccc12.Cc1csc2ccccc12.Cc1csc2ccccc12.c1c[nH]cn1.c1ccncc1.c1ccsc1.c1cscn1. The molecule has 8 aromatic heterocycles. The molecule has 0 saturated carbocycles. The number of nitrogens with one attached hydrogen (secondary N) is 3. The number of rotatable bonds is 0. The van der Waals surface area contributed by atoms with E-state index in [9.17, 15) is 0 Å². The molecule has 0 saturated heterocycles. The Labute approximate surface area is 467 Å². The van der Waals surface area contributed by atoms with Crippen LogP contribution in [0.4, 0.5) is 0 Å². The molecule has 8 nitrogen and oxygen atoms in total. The van der Waals surface area contributed by atoms with Gasteiger partial charge in [0, 0.05) is 108 Å². The van der Waals surface area contributed by atoms with E-state index in [1.165, 1.54) is 64.2 Å². The van der Waals surface area contributed by atoms with Gasteiger partial charge in [-0.2, -0.15) is 11.3 Å². The van der Waals surface area contributed by atoms with E-state index in [4.69, 9.17) is 0 Å². The van der Waals surface area contributed by atoms with Crippen LogP contribution in [0.1, 0.15) is 77.6 Å². The van der Waals surface area contributed by atoms with Gasteiger partial charge in [0.1, 0.15) is 0 Å². The first-order valence-corrected chi connectivity index (χ1v) is 28.8. The van der Waals surface area contributed by atoms with Crippen LogP contribution in [0.25, 0.3) is 42.0 Å². The summed E-state index contributed by atoms with van der Waals surface area (Å²) in [6.07, 6.45) is 14.4. The third kappa shape index (κ3) is 32.4. The first-order valence-electron chi connectivity index (χ1n) is 25.1. The largest absolute Gasteiger partial charge is 0.388 e. The summed E-state index contributed by atoms with van der Waals surface area (Å²) in [6.45, 7) is 24.5. The van der Waals surface area contributed by atoms with E-state index < -0.39 is 0 Å². The number of H-pyrrole nitrogens is 3. The van der Waals surface area contributed by atoms with E-state index in [0.717, 1.165) is 0 Å². The number of fused-ring (bicyclic) bond motifs is 4. The topological polar surface area (TPSA) is 104 Å². The van der Waals surface area contributed by atoms with Crippen LogP contribution in [-0.4, -0.2) is 58.3 Å². The number of thiazole rings is 1. The fourth-order valence-corrected chi connectivity index (χ4v) is 8.28. The van der Waals surface area contributed by atoms with E-state index in [2.05, 4.69) is 163 Å². The lowest BCUT2D eigenvalue weighted by Gasteiger charge is -1.86. The minimum Gasteiger partial charge on any atom is -0.388 e. The van der Waals surface area contributed by atoms with Gasteiger partial charge < -0.3 is 24.4 Å². The number of thiophene rings is 3. The number of aromatic amines is 3. The third-order valence-electron chi connectivity index (χ3n) is 8.69. The summed E-state index contributed by atoms with van der Waals surface area (Å²) in [5.41, 5.74) is 9.65. The van der Waals surface area contributed by atoms with Gasteiger partial charge in [-0.3, -0.25) is 9.97 Å². The number of aromatic nitrogens is 6. The van der Waals surface area contributed by atoms with Crippen molar-refractivity contribution in [2.24, 2.45) is 0 Å². The predicted octanol–water partition coefficient (Wildman–Crippen LogP) is 20.4. The van der Waals surface area contributed by atoms with Gasteiger partial charge in [0.2, 0.25) is 0 Å². The zero-order valence-corrected chi connectivity index (χ0v) is 50.8. The Hall–Kier alpha value is -6.51. The summed E-state index contributed by atoms with van der Waals surface area (Å²) < 4.78 is 11.3. The number of hydrogen-bond donors (Lipinski definition) is 3. The Morgan fingerprint density at radius 1 is 0.387 bits per heavy atom. The number of imidazole rings is 1. The molecule has 0 radical (unpaired) electrons. The summed E-state index contributed by atoms with van der Waals surface area (Å²) in [5.74, 6) is 0. The number of benzene rings is 4. The molecule has 4 aromatic carbocycles. The van der Waals surface area contributed by atoms with Gasteiger partial charge in [-0.1, -0.05) is 146 Å². The van der Waals surface area contributed by atoms with Crippen LogP contribution in [0.5, 0.6) is 0 Å². The number of pyridine rings is 1. The van der Waals surface area contributed by atoms with Gasteiger partial charge in [-0.15, -0.1) is 34.0 Å². The Bertz CT molecular complexity index is 2490. The van der Waals surface area contributed by atoms with Crippen molar-refractivity contribution < 1.29 is 9.47 Å². The lowest BCUT2D eigenvalue weighted by molar-refractivity contribution is 0.277. The van der Waals surface area contributed by atoms with Gasteiger partial charge in [-0.05, 0) is 119 Å². The van der Waals surface area contributed by atoms with Crippen molar-refractivity contribution in [3.63, 3.8) is 0 Å². The van der Waals surface area contributed by atoms with E-state index >= 15 is 0 Å². The molecule has 12 heteroatoms. The van der Waals surface area contributed by atoms with Gasteiger partial charge in [0.25, 0.3) is 0 Å². The Morgan fingerprint density at radius 2 is 0.800 bits per heavy atom. The second-order valence-electron chi connectivity index (χ2n) is 13.9. The van der Waals surface area contributed by atoms with E-state index in [1.54, 1.807) is 93.9 Å². The maximum atomic E-state index is 4.25. The molecule has 0 aliphatic carbocycles. The molecule has 0 aliphatic rings. The van der Waals surface area contributed by atoms with Crippen molar-refractivity contribution in [2.45, 2.75) is 83.1 Å². The van der Waals surface area contributed by atoms with Crippen LogP contribution in [0.2, 0.25) is 0 Å². The highest BCUT2D eigenvalue weighted by molar-refractivity contribution is 7.17. The van der Waals surface area contributed by atoms with Crippen LogP contribution in [-0.2, 0) is 9.47 Å². The average Bonchev–Trinajstić information content (AvgIpc) is 4.36. The summed E-state index contributed by atoms with van der Waals surface area (Å²) in [6, 6.07) is 43.4. The molecule has 0 unspecified atom stereocenters. The molecule has 12 rings (SSSR count). The highest BCUT2D eigenvalue weighted by Gasteiger charge is 1.97. The van der Waals surface area contributed by atoms with Crippen LogP contribution in [0.15, 0.2) is 210 Å². The van der Waals surface area contributed by atoms with Crippen molar-refractivity contribution in [1.82, 2.24) is 29.9 Å². The molecule has 0 bridgehead atoms. The molecule has 0 aliphatic heterocycles. The van der Waals surface area contributed by atoms with Gasteiger partial charge >= 0.3 is 0 Å². The molecule has 0 atom stereocenters. The highest BCUT2D eigenvalue weighted by Crippen LogP contribution is 2.25. The molecule has 75 heavy (non-hydrogen) atoms. The fraction of sp³-hybridized carbons (Fsp3) is 0.254. The van der Waals surface area contributed by atoms with Crippen LogP contribution >= 0.6 is 45.3 Å². The van der Waals surface area contributed by atoms with Crippen molar-refractivity contribution in [1.29, 1.82) is 0 Å². The lowest BCUT2D eigenvalue weighted by Crippen LogP contribution is -1.64. The number of methoxy groups -OCH3 is 2. The summed E-state index contributed by atoms with van der Waals surface area (Å²) in [4.78, 5) is 20.3. The molecule has 0 spiro atoms. The molecular weight excluding hydrogens is 1000 g/mol. The monoisotopic (exact) mass is 1090 g/mol. The Kier molecular flexibility index (Phi) is 48.0. The normalized spacial score (nSPS) is 8.64. The minimum absolute atomic E-state index is 1.22. The van der Waals surface area contributed by atoms with Crippen molar-refractivity contribution in [3.05, 3.63) is 232 Å². The van der Waals surface area contributed by atoms with E-state index in [-0.39, 0.29) is 0 Å². The van der Waals surface area contributed by atoms with Crippen molar-refractivity contribution in [2.75, 3.05) is 28.4 Å². The van der Waals surface area contributed by atoms with Crippen molar-refractivity contribution >= 4 is 87.3 Å². The van der Waals surface area contributed by atoms with Gasteiger partial charge in [0.15, 0.2) is 0 Å². The Balaban J connectivity index is 0. The fourth-order valence-electron chi connectivity index (χ4n) is 5.58. The summed E-state index contributed by atoms with van der Waals surface area (Å²) in [5, 5.41) is 15.8. The van der Waals surface area contributed by atoms with Gasteiger partial charge in [0.05, 0.1) is 11.8 Å². The molecule has 3 N–H and O–H groups in total. The average molecular weight is 1090 g/mol. The second kappa shape index (κ2) is 51.0. The van der Waals surface area contributed by atoms with Gasteiger partial charge in [-0.25, -0.2) is 4.98 Å². The van der Waals surface area contributed by atoms with Crippen LogP contribution < -0.4 is 0 Å². The lowest BCUT2D eigenvalue weighted by atomic mass is 10.2. The predicted molar refractivity (Wildman–Crippen MR) is 340 cm³/mol. The van der Waals surface area contributed by atoms with E-state index in [1.807, 2.05) is 149 Å².